The lowest BCUT2D eigenvalue weighted by atomic mass is 9.97. The van der Waals surface area contributed by atoms with Gasteiger partial charge in [-0.2, -0.15) is 4.31 Å². The number of sulfonamides is 1. The Labute approximate surface area is 199 Å². The van der Waals surface area contributed by atoms with Crippen LogP contribution >= 0.6 is 0 Å². The number of aromatic nitrogens is 2. The smallest absolute Gasteiger partial charge is 0.269 e. The molecule has 3 heterocycles. The Morgan fingerprint density at radius 3 is 2.41 bits per heavy atom. The average Bonchev–Trinajstić information content (AvgIpc) is 2.88. The first-order valence-electron chi connectivity index (χ1n) is 11.2. The molecule has 11 nitrogen and oxygen atoms in total. The second-order valence-electron chi connectivity index (χ2n) is 8.52. The zero-order chi connectivity index (χ0) is 24.1. The summed E-state index contributed by atoms with van der Waals surface area (Å²) in [5, 5.41) is 0. The number of carbonyl (C=O) groups is 2. The number of hydrogen-bond acceptors (Lipinski definition) is 8. The van der Waals surface area contributed by atoms with E-state index in [4.69, 9.17) is 0 Å². The molecule has 182 valence electrons. The Bertz CT molecular complexity index is 1100. The number of nitrogens with zero attached hydrogens (tertiary/aromatic N) is 5. The first kappa shape index (κ1) is 24.0. The van der Waals surface area contributed by atoms with Crippen LogP contribution in [0.15, 0.2) is 47.8 Å². The fourth-order valence-electron chi connectivity index (χ4n) is 4.10. The van der Waals surface area contributed by atoms with Crippen LogP contribution in [0.4, 0.5) is 5.82 Å². The number of rotatable bonds is 5. The van der Waals surface area contributed by atoms with Gasteiger partial charge in [0.15, 0.2) is 0 Å². The minimum atomic E-state index is -3.61. The van der Waals surface area contributed by atoms with E-state index >= 15 is 0 Å². The van der Waals surface area contributed by atoms with E-state index in [-0.39, 0.29) is 22.3 Å². The molecule has 2 aliphatic rings. The molecule has 34 heavy (non-hydrogen) atoms. The minimum absolute atomic E-state index is 0.143. The maximum Gasteiger partial charge on any atom is 0.269 e. The van der Waals surface area contributed by atoms with E-state index in [1.54, 1.807) is 18.6 Å². The standard InChI is InChI=1S/C22H29N7O4S/c1-27-11-13-29(14-12-27)34(32,33)19-6-4-17(5-7-19)21(30)25-26-22(31)18-3-2-10-28(16-18)20-15-23-8-9-24-20/h4-9,15,18H,2-3,10-14,16H2,1H3,(H,25,30)(H,26,31). The number of carbonyl (C=O) groups excluding carboxylic acids is 2. The van der Waals surface area contributed by atoms with Crippen molar-refractivity contribution in [1.29, 1.82) is 0 Å². The van der Waals surface area contributed by atoms with Gasteiger partial charge in [-0.15, -0.1) is 0 Å². The van der Waals surface area contributed by atoms with E-state index in [0.717, 1.165) is 18.8 Å². The van der Waals surface area contributed by atoms with Gasteiger partial charge in [0.25, 0.3) is 5.91 Å². The van der Waals surface area contributed by atoms with Crippen molar-refractivity contribution in [2.75, 3.05) is 51.2 Å². The number of anilines is 1. The normalized spacial score (nSPS) is 20.0. The fraction of sp³-hybridized carbons (Fsp3) is 0.455. The van der Waals surface area contributed by atoms with Crippen molar-refractivity contribution in [3.8, 4) is 0 Å². The van der Waals surface area contributed by atoms with Gasteiger partial charge in [0.1, 0.15) is 5.82 Å². The summed E-state index contributed by atoms with van der Waals surface area (Å²) in [6, 6.07) is 5.73. The molecule has 0 aliphatic carbocycles. The second-order valence-corrected chi connectivity index (χ2v) is 10.5. The van der Waals surface area contributed by atoms with Crippen molar-refractivity contribution in [3.63, 3.8) is 0 Å². The number of piperidine rings is 1. The number of benzene rings is 1. The maximum atomic E-state index is 12.8. The lowest BCUT2D eigenvalue weighted by molar-refractivity contribution is -0.126. The van der Waals surface area contributed by atoms with Gasteiger partial charge in [-0.3, -0.25) is 25.4 Å². The Hall–Kier alpha value is -3.09. The SMILES string of the molecule is CN1CCN(S(=O)(=O)c2ccc(C(=O)NNC(=O)C3CCCN(c4cnccn4)C3)cc2)CC1. The number of hydrazine groups is 1. The predicted octanol–water partition coefficient (Wildman–Crippen LogP) is 0.0903. The van der Waals surface area contributed by atoms with Gasteiger partial charge in [0.05, 0.1) is 17.0 Å². The van der Waals surface area contributed by atoms with E-state index in [9.17, 15) is 18.0 Å². The van der Waals surface area contributed by atoms with Crippen LogP contribution < -0.4 is 15.8 Å². The molecule has 2 aromatic rings. The first-order valence-corrected chi connectivity index (χ1v) is 12.7. The molecule has 2 amide bonds. The number of nitrogens with one attached hydrogen (secondary N) is 2. The molecule has 4 rings (SSSR count). The van der Waals surface area contributed by atoms with Crippen LogP contribution in [0.3, 0.4) is 0 Å². The van der Waals surface area contributed by atoms with Crippen LogP contribution in [0.1, 0.15) is 23.2 Å². The summed E-state index contributed by atoms with van der Waals surface area (Å²) in [6.45, 7) is 3.50. The highest BCUT2D eigenvalue weighted by molar-refractivity contribution is 7.89. The molecule has 1 unspecified atom stereocenters. The number of hydrogen-bond donors (Lipinski definition) is 2. The molecule has 2 N–H and O–H groups in total. The van der Waals surface area contributed by atoms with Gasteiger partial charge in [-0.1, -0.05) is 0 Å². The Morgan fingerprint density at radius 1 is 1.00 bits per heavy atom. The van der Waals surface area contributed by atoms with Gasteiger partial charge >= 0.3 is 0 Å². The monoisotopic (exact) mass is 487 g/mol. The molecule has 12 heteroatoms. The third-order valence-corrected chi connectivity index (χ3v) is 8.09. The summed E-state index contributed by atoms with van der Waals surface area (Å²) in [6.07, 6.45) is 6.40. The van der Waals surface area contributed by atoms with Crippen molar-refractivity contribution in [2.24, 2.45) is 5.92 Å². The van der Waals surface area contributed by atoms with Crippen LogP contribution in [0.2, 0.25) is 0 Å². The van der Waals surface area contributed by atoms with Gasteiger partial charge in [0, 0.05) is 57.2 Å². The lowest BCUT2D eigenvalue weighted by Gasteiger charge is -2.32. The summed E-state index contributed by atoms with van der Waals surface area (Å²) >= 11 is 0. The van der Waals surface area contributed by atoms with Crippen LogP contribution in [0.5, 0.6) is 0 Å². The van der Waals surface area contributed by atoms with E-state index < -0.39 is 15.9 Å². The zero-order valence-corrected chi connectivity index (χ0v) is 19.9. The highest BCUT2D eigenvalue weighted by atomic mass is 32.2. The molecule has 0 saturated carbocycles. The van der Waals surface area contributed by atoms with E-state index in [1.165, 1.54) is 28.6 Å². The molecule has 2 aliphatic heterocycles. The molecular formula is C22H29N7O4S. The van der Waals surface area contributed by atoms with Crippen molar-refractivity contribution in [1.82, 2.24) is 30.0 Å². The topological polar surface area (TPSA) is 128 Å². The number of likely N-dealkylation sites (N-methyl/N-ethyl adjacent to an activating group) is 1. The summed E-state index contributed by atoms with van der Waals surface area (Å²) in [5.74, 6) is -0.377. The molecule has 1 aromatic carbocycles. The van der Waals surface area contributed by atoms with E-state index in [1.807, 2.05) is 11.9 Å². The van der Waals surface area contributed by atoms with Crippen LogP contribution in [0.25, 0.3) is 0 Å². The number of piperazine rings is 1. The molecule has 0 spiro atoms. The molecule has 0 radical (unpaired) electrons. The van der Waals surface area contributed by atoms with Gasteiger partial charge in [-0.25, -0.2) is 13.4 Å². The van der Waals surface area contributed by atoms with Crippen molar-refractivity contribution < 1.29 is 18.0 Å². The summed E-state index contributed by atoms with van der Waals surface area (Å²) in [7, 11) is -1.65. The van der Waals surface area contributed by atoms with Crippen molar-refractivity contribution in [3.05, 3.63) is 48.4 Å². The number of amides is 2. The largest absolute Gasteiger partial charge is 0.355 e. The van der Waals surface area contributed by atoms with Crippen molar-refractivity contribution >= 4 is 27.7 Å². The molecular weight excluding hydrogens is 458 g/mol. The third kappa shape index (κ3) is 5.51. The molecule has 2 fully saturated rings. The summed E-state index contributed by atoms with van der Waals surface area (Å²) in [5.41, 5.74) is 5.17. The van der Waals surface area contributed by atoms with Gasteiger partial charge < -0.3 is 9.80 Å². The molecule has 2 saturated heterocycles. The van der Waals surface area contributed by atoms with E-state index in [0.29, 0.717) is 39.1 Å². The summed E-state index contributed by atoms with van der Waals surface area (Å²) in [4.78, 5) is 37.7. The summed E-state index contributed by atoms with van der Waals surface area (Å²) < 4.78 is 27.1. The Balaban J connectivity index is 1.31. The minimum Gasteiger partial charge on any atom is -0.355 e. The van der Waals surface area contributed by atoms with E-state index in [2.05, 4.69) is 25.7 Å². The molecule has 0 bridgehead atoms. The Morgan fingerprint density at radius 2 is 1.74 bits per heavy atom. The van der Waals surface area contributed by atoms with Crippen LogP contribution in [-0.4, -0.2) is 85.7 Å². The Kier molecular flexibility index (Phi) is 7.39. The second kappa shape index (κ2) is 10.5. The maximum absolute atomic E-state index is 12.8. The highest BCUT2D eigenvalue weighted by Gasteiger charge is 2.28. The molecule has 1 atom stereocenters. The zero-order valence-electron chi connectivity index (χ0n) is 19.1. The van der Waals surface area contributed by atoms with Crippen LogP contribution in [0, 0.1) is 5.92 Å². The van der Waals surface area contributed by atoms with Gasteiger partial charge in [0.2, 0.25) is 15.9 Å². The third-order valence-electron chi connectivity index (χ3n) is 6.18. The average molecular weight is 488 g/mol. The first-order chi connectivity index (χ1) is 16.3. The predicted molar refractivity (Wildman–Crippen MR) is 125 cm³/mol. The van der Waals surface area contributed by atoms with Gasteiger partial charge in [-0.05, 0) is 44.2 Å². The van der Waals surface area contributed by atoms with Crippen LogP contribution in [-0.2, 0) is 14.8 Å². The highest BCUT2D eigenvalue weighted by Crippen LogP contribution is 2.21. The quantitative estimate of drug-likeness (QED) is 0.568. The molecule has 1 aromatic heterocycles. The fourth-order valence-corrected chi connectivity index (χ4v) is 5.52. The lowest BCUT2D eigenvalue weighted by Crippen LogP contribution is -2.49. The van der Waals surface area contributed by atoms with Crippen molar-refractivity contribution in [2.45, 2.75) is 17.7 Å².